The van der Waals surface area contributed by atoms with E-state index in [1.165, 1.54) is 0 Å². The van der Waals surface area contributed by atoms with Gasteiger partial charge in [0.1, 0.15) is 0 Å². The van der Waals surface area contributed by atoms with Crippen LogP contribution in [-0.2, 0) is 0 Å². The van der Waals surface area contributed by atoms with Crippen molar-refractivity contribution in [2.75, 3.05) is 6.54 Å². The molecule has 1 unspecified atom stereocenters. The van der Waals surface area contributed by atoms with E-state index in [0.29, 0.717) is 16.6 Å². The van der Waals surface area contributed by atoms with Gasteiger partial charge in [-0.1, -0.05) is 71.9 Å². The Hall–Kier alpha value is -1.88. The number of nitro groups is 1. The largest absolute Gasteiger partial charge is 0.376 e. The number of benzene rings is 1. The molecule has 0 fully saturated rings. The molecule has 0 aliphatic carbocycles. The van der Waals surface area contributed by atoms with Crippen molar-refractivity contribution >= 4 is 8.24 Å². The van der Waals surface area contributed by atoms with Crippen molar-refractivity contribution in [3.8, 4) is 0 Å². The summed E-state index contributed by atoms with van der Waals surface area (Å²) in [6, 6.07) is 14.1. The third kappa shape index (κ3) is 3.63. The molecule has 4 nitrogen and oxygen atoms in total. The van der Waals surface area contributed by atoms with Crippen LogP contribution in [0.5, 0.6) is 0 Å². The molecule has 2 aromatic rings. The number of aromatic nitrogens is 1. The normalized spacial score (nSPS) is 13.6. The zero-order chi connectivity index (χ0) is 19.5. The van der Waals surface area contributed by atoms with Crippen LogP contribution in [0.2, 0.25) is 16.6 Å². The maximum absolute atomic E-state index is 11.4. The molecule has 1 heterocycles. The van der Waals surface area contributed by atoms with Gasteiger partial charge in [-0.05, 0) is 40.5 Å². The highest BCUT2D eigenvalue weighted by atomic mass is 28.3. The second-order valence-electron chi connectivity index (χ2n) is 8.13. The van der Waals surface area contributed by atoms with Crippen molar-refractivity contribution in [3.05, 3.63) is 70.0 Å². The van der Waals surface area contributed by atoms with Gasteiger partial charge >= 0.3 is 0 Å². The minimum Gasteiger partial charge on any atom is -0.376 e. The SMILES string of the molecule is CC(C)[Si](C(C)C)(C(C)C)n1cccc1C(C[N+](=O)[O-])c1ccccc1. The van der Waals surface area contributed by atoms with Gasteiger partial charge in [0.25, 0.3) is 0 Å². The van der Waals surface area contributed by atoms with E-state index in [1.54, 1.807) is 0 Å². The fourth-order valence-electron chi connectivity index (χ4n) is 5.07. The summed E-state index contributed by atoms with van der Waals surface area (Å²) in [5.74, 6) is -0.218. The Morgan fingerprint density at radius 2 is 1.46 bits per heavy atom. The first kappa shape index (κ1) is 20.4. The molecule has 1 atom stereocenters. The maximum atomic E-state index is 11.4. The fraction of sp³-hybridized carbons (Fsp3) is 0.524. The van der Waals surface area contributed by atoms with E-state index in [2.05, 4.69) is 64.1 Å². The van der Waals surface area contributed by atoms with E-state index in [0.717, 1.165) is 11.3 Å². The van der Waals surface area contributed by atoms with E-state index in [9.17, 15) is 10.1 Å². The van der Waals surface area contributed by atoms with Gasteiger partial charge in [0.15, 0.2) is 8.24 Å². The monoisotopic (exact) mass is 372 g/mol. The minimum atomic E-state index is -1.95. The van der Waals surface area contributed by atoms with Gasteiger partial charge in [0.2, 0.25) is 6.54 Å². The van der Waals surface area contributed by atoms with Crippen molar-refractivity contribution in [1.29, 1.82) is 0 Å². The Labute approximate surface area is 158 Å². The van der Waals surface area contributed by atoms with E-state index >= 15 is 0 Å². The van der Waals surface area contributed by atoms with Crippen LogP contribution in [0.4, 0.5) is 0 Å². The minimum absolute atomic E-state index is 0.0766. The number of hydrogen-bond acceptors (Lipinski definition) is 2. The zero-order valence-electron chi connectivity index (χ0n) is 16.8. The summed E-state index contributed by atoms with van der Waals surface area (Å²) in [4.78, 5) is 11.3. The Morgan fingerprint density at radius 3 is 1.92 bits per heavy atom. The summed E-state index contributed by atoms with van der Waals surface area (Å²) in [5, 5.41) is 11.4. The van der Waals surface area contributed by atoms with Gasteiger partial charge in [-0.3, -0.25) is 10.1 Å². The van der Waals surface area contributed by atoms with E-state index in [1.807, 2.05) is 30.3 Å². The smallest absolute Gasteiger partial charge is 0.216 e. The predicted molar refractivity (Wildman–Crippen MR) is 111 cm³/mol. The molecule has 0 aliphatic heterocycles. The number of nitrogens with zero attached hydrogens (tertiary/aromatic N) is 2. The van der Waals surface area contributed by atoms with Crippen molar-refractivity contribution in [2.45, 2.75) is 64.1 Å². The van der Waals surface area contributed by atoms with Gasteiger partial charge in [-0.2, -0.15) is 0 Å². The standard InChI is InChI=1S/C21H32N2O2Si/c1-16(2)26(17(3)4,18(5)6)22-14-10-13-21(22)20(15-23(24)25)19-11-8-7-9-12-19/h7-14,16-18,20H,15H2,1-6H3. The highest BCUT2D eigenvalue weighted by molar-refractivity contribution is 6.82. The molecule has 1 aromatic heterocycles. The molecule has 0 bridgehead atoms. The molecule has 5 heteroatoms. The molecule has 0 spiro atoms. The molecular weight excluding hydrogens is 340 g/mol. The van der Waals surface area contributed by atoms with Crippen LogP contribution in [0, 0.1) is 10.1 Å². The lowest BCUT2D eigenvalue weighted by Gasteiger charge is -2.45. The maximum Gasteiger partial charge on any atom is 0.216 e. The molecule has 2 rings (SSSR count). The predicted octanol–water partition coefficient (Wildman–Crippen LogP) is 5.92. The van der Waals surface area contributed by atoms with E-state index in [4.69, 9.17) is 0 Å². The van der Waals surface area contributed by atoms with Crippen molar-refractivity contribution < 1.29 is 4.92 Å². The van der Waals surface area contributed by atoms with Crippen molar-refractivity contribution in [2.24, 2.45) is 0 Å². The highest BCUT2D eigenvalue weighted by Gasteiger charge is 2.46. The first-order valence-corrected chi connectivity index (χ1v) is 11.7. The summed E-state index contributed by atoms with van der Waals surface area (Å²) in [5.41, 5.74) is 3.74. The topological polar surface area (TPSA) is 48.1 Å². The van der Waals surface area contributed by atoms with Crippen LogP contribution in [0.15, 0.2) is 48.7 Å². The third-order valence-corrected chi connectivity index (χ3v) is 12.7. The lowest BCUT2D eigenvalue weighted by atomic mass is 9.96. The first-order chi connectivity index (χ1) is 12.2. The molecule has 0 aliphatic rings. The molecular formula is C21H32N2O2Si. The van der Waals surface area contributed by atoms with Gasteiger partial charge in [-0.25, -0.2) is 0 Å². The summed E-state index contributed by atoms with van der Waals surface area (Å²) in [7, 11) is -1.95. The molecule has 0 N–H and O–H groups in total. The Morgan fingerprint density at radius 1 is 0.923 bits per heavy atom. The number of rotatable bonds is 8. The second kappa shape index (κ2) is 8.21. The molecule has 0 saturated heterocycles. The van der Waals surface area contributed by atoms with Crippen molar-refractivity contribution in [3.63, 3.8) is 0 Å². The average Bonchev–Trinajstić information content (AvgIpc) is 3.02. The van der Waals surface area contributed by atoms with Crippen LogP contribution in [0.3, 0.4) is 0 Å². The lowest BCUT2D eigenvalue weighted by Crippen LogP contribution is -2.52. The molecule has 1 aromatic carbocycles. The average molecular weight is 373 g/mol. The third-order valence-electron chi connectivity index (χ3n) is 5.86. The zero-order valence-corrected chi connectivity index (χ0v) is 17.8. The van der Waals surface area contributed by atoms with Crippen LogP contribution in [0.1, 0.15) is 58.7 Å². The van der Waals surface area contributed by atoms with Gasteiger partial charge in [0.05, 0.1) is 5.92 Å². The van der Waals surface area contributed by atoms with Gasteiger partial charge < -0.3 is 4.23 Å². The first-order valence-electron chi connectivity index (χ1n) is 9.57. The van der Waals surface area contributed by atoms with E-state index < -0.39 is 8.24 Å². The number of hydrogen-bond donors (Lipinski definition) is 0. The second-order valence-corrected chi connectivity index (χ2v) is 13.9. The molecule has 142 valence electrons. The summed E-state index contributed by atoms with van der Waals surface area (Å²) >= 11 is 0. The van der Waals surface area contributed by atoms with E-state index in [-0.39, 0.29) is 17.4 Å². The van der Waals surface area contributed by atoms with Gasteiger partial charge in [-0.15, -0.1) is 0 Å². The highest BCUT2D eigenvalue weighted by Crippen LogP contribution is 2.44. The molecule has 26 heavy (non-hydrogen) atoms. The summed E-state index contributed by atoms with van der Waals surface area (Å²) < 4.78 is 2.48. The summed E-state index contributed by atoms with van der Waals surface area (Å²) in [6.07, 6.45) is 2.18. The van der Waals surface area contributed by atoms with Crippen LogP contribution >= 0.6 is 0 Å². The molecule has 0 amide bonds. The Kier molecular flexibility index (Phi) is 6.45. The van der Waals surface area contributed by atoms with Crippen LogP contribution < -0.4 is 0 Å². The van der Waals surface area contributed by atoms with Crippen molar-refractivity contribution in [1.82, 2.24) is 4.23 Å². The van der Waals surface area contributed by atoms with Crippen LogP contribution in [0.25, 0.3) is 0 Å². The Balaban J connectivity index is 2.68. The fourth-order valence-corrected chi connectivity index (χ4v) is 11.8. The van der Waals surface area contributed by atoms with Gasteiger partial charge in [0, 0.05) is 10.6 Å². The van der Waals surface area contributed by atoms with Crippen LogP contribution in [-0.4, -0.2) is 23.9 Å². The lowest BCUT2D eigenvalue weighted by molar-refractivity contribution is -0.482. The quantitative estimate of drug-likeness (QED) is 0.328. The molecule has 0 radical (unpaired) electrons. The molecule has 0 saturated carbocycles. The Bertz CT molecular complexity index is 701. The summed E-state index contributed by atoms with van der Waals surface area (Å²) in [6.45, 7) is 13.8.